The lowest BCUT2D eigenvalue weighted by molar-refractivity contribution is 0.532. The Morgan fingerprint density at radius 3 is 2.30 bits per heavy atom. The lowest BCUT2D eigenvalue weighted by atomic mass is 9.99. The van der Waals surface area contributed by atoms with E-state index in [2.05, 4.69) is 5.32 Å². The van der Waals surface area contributed by atoms with Gasteiger partial charge in [0.15, 0.2) is 0 Å². The SMILES string of the molecule is CNC(Cc1ccc(Cl)cc1)Cc1cc(Cl)ccc1F. The Morgan fingerprint density at radius 1 is 1.00 bits per heavy atom. The van der Waals surface area contributed by atoms with Gasteiger partial charge in [-0.05, 0) is 61.3 Å². The maximum absolute atomic E-state index is 13.8. The van der Waals surface area contributed by atoms with Crippen molar-refractivity contribution in [3.05, 3.63) is 69.5 Å². The van der Waals surface area contributed by atoms with Crippen molar-refractivity contribution in [1.29, 1.82) is 0 Å². The van der Waals surface area contributed by atoms with E-state index in [4.69, 9.17) is 23.2 Å². The van der Waals surface area contributed by atoms with Crippen molar-refractivity contribution >= 4 is 23.2 Å². The highest BCUT2D eigenvalue weighted by atomic mass is 35.5. The van der Waals surface area contributed by atoms with Crippen LogP contribution in [-0.4, -0.2) is 13.1 Å². The van der Waals surface area contributed by atoms with Crippen LogP contribution in [0.3, 0.4) is 0 Å². The number of nitrogens with one attached hydrogen (secondary N) is 1. The monoisotopic (exact) mass is 311 g/mol. The molecule has 0 heterocycles. The predicted octanol–water partition coefficient (Wildman–Crippen LogP) is 4.51. The molecule has 0 aliphatic rings. The van der Waals surface area contributed by atoms with E-state index in [1.54, 1.807) is 12.1 Å². The van der Waals surface area contributed by atoms with E-state index in [-0.39, 0.29) is 11.9 Å². The molecule has 20 heavy (non-hydrogen) atoms. The van der Waals surface area contributed by atoms with Gasteiger partial charge in [-0.25, -0.2) is 4.39 Å². The standard InChI is InChI=1S/C16H16Cl2FN/c1-20-15(8-11-2-4-13(17)5-3-11)10-12-9-14(18)6-7-16(12)19/h2-7,9,15,20H,8,10H2,1H3. The minimum Gasteiger partial charge on any atom is -0.316 e. The summed E-state index contributed by atoms with van der Waals surface area (Å²) in [6.45, 7) is 0. The van der Waals surface area contributed by atoms with Gasteiger partial charge >= 0.3 is 0 Å². The lowest BCUT2D eigenvalue weighted by Gasteiger charge is -2.17. The molecule has 4 heteroatoms. The molecule has 0 aromatic heterocycles. The zero-order valence-electron chi connectivity index (χ0n) is 11.2. The minimum atomic E-state index is -0.217. The first-order valence-corrected chi connectivity index (χ1v) is 7.19. The van der Waals surface area contributed by atoms with Crippen molar-refractivity contribution < 1.29 is 4.39 Å². The summed E-state index contributed by atoms with van der Waals surface area (Å²) in [5.41, 5.74) is 1.79. The van der Waals surface area contributed by atoms with Crippen molar-refractivity contribution in [2.75, 3.05) is 7.05 Å². The smallest absolute Gasteiger partial charge is 0.126 e. The van der Waals surface area contributed by atoms with E-state index >= 15 is 0 Å². The van der Waals surface area contributed by atoms with E-state index in [1.807, 2.05) is 31.3 Å². The first-order valence-electron chi connectivity index (χ1n) is 6.44. The van der Waals surface area contributed by atoms with Gasteiger partial charge in [0.25, 0.3) is 0 Å². The van der Waals surface area contributed by atoms with E-state index in [0.717, 1.165) is 17.0 Å². The topological polar surface area (TPSA) is 12.0 Å². The fourth-order valence-corrected chi connectivity index (χ4v) is 2.47. The maximum Gasteiger partial charge on any atom is 0.126 e. The first kappa shape index (κ1) is 15.3. The molecule has 1 nitrogen and oxygen atoms in total. The Bertz CT molecular complexity index is 569. The van der Waals surface area contributed by atoms with Crippen molar-refractivity contribution in [1.82, 2.24) is 5.32 Å². The summed E-state index contributed by atoms with van der Waals surface area (Å²) < 4.78 is 13.8. The minimum absolute atomic E-state index is 0.143. The van der Waals surface area contributed by atoms with Crippen LogP contribution >= 0.6 is 23.2 Å². The Hall–Kier alpha value is -1.09. The number of likely N-dealkylation sites (N-methyl/N-ethyl adjacent to an activating group) is 1. The van der Waals surface area contributed by atoms with Gasteiger partial charge in [0.05, 0.1) is 0 Å². The number of rotatable bonds is 5. The van der Waals surface area contributed by atoms with Crippen LogP contribution in [0.2, 0.25) is 10.0 Å². The molecule has 2 aromatic rings. The highest BCUT2D eigenvalue weighted by Crippen LogP contribution is 2.18. The van der Waals surface area contributed by atoms with Gasteiger partial charge in [-0.15, -0.1) is 0 Å². The fourth-order valence-electron chi connectivity index (χ4n) is 2.15. The molecule has 0 aliphatic carbocycles. The summed E-state index contributed by atoms with van der Waals surface area (Å²) in [5, 5.41) is 4.49. The molecule has 106 valence electrons. The molecular formula is C16H16Cl2FN. The molecular weight excluding hydrogens is 296 g/mol. The van der Waals surface area contributed by atoms with E-state index in [0.29, 0.717) is 17.0 Å². The summed E-state index contributed by atoms with van der Waals surface area (Å²) in [6, 6.07) is 12.5. The van der Waals surface area contributed by atoms with Gasteiger partial charge in [0.1, 0.15) is 5.82 Å². The fraction of sp³-hybridized carbons (Fsp3) is 0.250. The summed E-state index contributed by atoms with van der Waals surface area (Å²) in [7, 11) is 1.88. The van der Waals surface area contributed by atoms with Crippen LogP contribution in [0.1, 0.15) is 11.1 Å². The Morgan fingerprint density at radius 2 is 1.65 bits per heavy atom. The van der Waals surface area contributed by atoms with Crippen LogP contribution in [0, 0.1) is 5.82 Å². The molecule has 0 bridgehead atoms. The van der Waals surface area contributed by atoms with Crippen LogP contribution in [-0.2, 0) is 12.8 Å². The van der Waals surface area contributed by atoms with E-state index in [9.17, 15) is 4.39 Å². The Kier molecular flexibility index (Phi) is 5.41. The second-order valence-corrected chi connectivity index (χ2v) is 5.63. The van der Waals surface area contributed by atoms with Gasteiger partial charge in [0, 0.05) is 16.1 Å². The number of hydrogen-bond donors (Lipinski definition) is 1. The molecule has 2 rings (SSSR count). The highest BCUT2D eigenvalue weighted by molar-refractivity contribution is 6.30. The first-order chi connectivity index (χ1) is 9.58. The normalized spacial score (nSPS) is 12.4. The van der Waals surface area contributed by atoms with Crippen LogP contribution in [0.15, 0.2) is 42.5 Å². The summed E-state index contributed by atoms with van der Waals surface area (Å²) in [5.74, 6) is -0.217. The zero-order valence-corrected chi connectivity index (χ0v) is 12.7. The average molecular weight is 312 g/mol. The number of benzene rings is 2. The van der Waals surface area contributed by atoms with Gasteiger partial charge in [-0.1, -0.05) is 35.3 Å². The van der Waals surface area contributed by atoms with Crippen LogP contribution in [0.5, 0.6) is 0 Å². The average Bonchev–Trinajstić information content (AvgIpc) is 2.44. The molecule has 0 radical (unpaired) electrons. The van der Waals surface area contributed by atoms with Crippen LogP contribution in [0.25, 0.3) is 0 Å². The third kappa shape index (κ3) is 4.20. The van der Waals surface area contributed by atoms with Crippen molar-refractivity contribution in [2.24, 2.45) is 0 Å². The van der Waals surface area contributed by atoms with Crippen LogP contribution in [0.4, 0.5) is 4.39 Å². The number of hydrogen-bond acceptors (Lipinski definition) is 1. The Balaban J connectivity index is 2.08. The molecule has 0 spiro atoms. The summed E-state index contributed by atoms with van der Waals surface area (Å²) in [6.07, 6.45) is 1.39. The van der Waals surface area contributed by atoms with Crippen LogP contribution < -0.4 is 5.32 Å². The largest absolute Gasteiger partial charge is 0.316 e. The molecule has 1 atom stereocenters. The summed E-state index contributed by atoms with van der Waals surface area (Å²) in [4.78, 5) is 0. The molecule has 0 saturated heterocycles. The molecule has 0 saturated carbocycles. The third-order valence-corrected chi connectivity index (χ3v) is 3.76. The molecule has 0 amide bonds. The van der Waals surface area contributed by atoms with Gasteiger partial charge < -0.3 is 5.32 Å². The zero-order chi connectivity index (χ0) is 14.5. The molecule has 1 unspecified atom stereocenters. The number of halogens is 3. The summed E-state index contributed by atoms with van der Waals surface area (Å²) >= 11 is 11.8. The molecule has 1 N–H and O–H groups in total. The third-order valence-electron chi connectivity index (χ3n) is 3.28. The predicted molar refractivity (Wildman–Crippen MR) is 83.1 cm³/mol. The second-order valence-electron chi connectivity index (χ2n) is 4.76. The van der Waals surface area contributed by atoms with Gasteiger partial charge in [0.2, 0.25) is 0 Å². The Labute approximate surface area is 128 Å². The van der Waals surface area contributed by atoms with E-state index in [1.165, 1.54) is 6.07 Å². The highest BCUT2D eigenvalue weighted by Gasteiger charge is 2.12. The van der Waals surface area contributed by atoms with Crippen molar-refractivity contribution in [3.8, 4) is 0 Å². The molecule has 0 aliphatic heterocycles. The van der Waals surface area contributed by atoms with Crippen molar-refractivity contribution in [3.63, 3.8) is 0 Å². The van der Waals surface area contributed by atoms with E-state index < -0.39 is 0 Å². The molecule has 0 fully saturated rings. The molecule has 2 aromatic carbocycles. The lowest BCUT2D eigenvalue weighted by Crippen LogP contribution is -2.30. The van der Waals surface area contributed by atoms with Gasteiger partial charge in [-0.3, -0.25) is 0 Å². The second kappa shape index (κ2) is 7.07. The quantitative estimate of drug-likeness (QED) is 0.857. The van der Waals surface area contributed by atoms with Gasteiger partial charge in [-0.2, -0.15) is 0 Å². The van der Waals surface area contributed by atoms with Crippen molar-refractivity contribution in [2.45, 2.75) is 18.9 Å². The maximum atomic E-state index is 13.8.